The number of aromatic nitrogens is 1. The lowest BCUT2D eigenvalue weighted by molar-refractivity contribution is -0.136. The minimum atomic E-state index is -0.00892. The fourth-order valence-corrected chi connectivity index (χ4v) is 3.83. The van der Waals surface area contributed by atoms with E-state index in [0.29, 0.717) is 0 Å². The summed E-state index contributed by atoms with van der Waals surface area (Å²) in [6.45, 7) is 7.12. The van der Waals surface area contributed by atoms with E-state index in [1.807, 2.05) is 60.9 Å². The molecule has 0 spiro atoms. The summed E-state index contributed by atoms with van der Waals surface area (Å²) in [6, 6.07) is 8.16. The summed E-state index contributed by atoms with van der Waals surface area (Å²) >= 11 is 0. The van der Waals surface area contributed by atoms with Gasteiger partial charge in [-0.2, -0.15) is 0 Å². The van der Waals surface area contributed by atoms with Crippen LogP contribution in [0, 0.1) is 5.41 Å². The van der Waals surface area contributed by atoms with E-state index < -0.39 is 0 Å². The summed E-state index contributed by atoms with van der Waals surface area (Å²) in [4.78, 5) is 14.9. The lowest BCUT2D eigenvalue weighted by Crippen LogP contribution is -2.62. The predicted molar refractivity (Wildman–Crippen MR) is 92.6 cm³/mol. The second kappa shape index (κ2) is 5.68. The van der Waals surface area contributed by atoms with Crippen LogP contribution in [0.4, 0.5) is 0 Å². The Bertz CT molecular complexity index is 732. The highest BCUT2D eigenvalue weighted by atomic mass is 16.5. The summed E-state index contributed by atoms with van der Waals surface area (Å²) in [5.41, 5.74) is 1.86. The molecule has 1 aliphatic carbocycles. The van der Waals surface area contributed by atoms with Crippen LogP contribution in [0.3, 0.4) is 0 Å². The van der Waals surface area contributed by atoms with Crippen molar-refractivity contribution in [3.8, 4) is 0 Å². The number of hydrogen-bond donors (Lipinski definition) is 0. The first-order valence-electron chi connectivity index (χ1n) is 8.30. The van der Waals surface area contributed by atoms with Gasteiger partial charge in [-0.3, -0.25) is 4.79 Å². The summed E-state index contributed by atoms with van der Waals surface area (Å²) in [7, 11) is 3.92. The lowest BCUT2D eigenvalue weighted by Gasteiger charge is -2.54. The second-order valence-corrected chi connectivity index (χ2v) is 7.10. The average Bonchev–Trinajstić information content (AvgIpc) is 2.91. The molecule has 0 unspecified atom stereocenters. The van der Waals surface area contributed by atoms with Crippen molar-refractivity contribution < 1.29 is 9.53 Å². The number of aryl methyl sites for hydroxylation is 1. The minimum Gasteiger partial charge on any atom is -0.378 e. The van der Waals surface area contributed by atoms with Gasteiger partial charge in [-0.25, -0.2) is 0 Å². The van der Waals surface area contributed by atoms with Crippen molar-refractivity contribution in [2.75, 3.05) is 13.7 Å². The van der Waals surface area contributed by atoms with E-state index in [9.17, 15) is 4.79 Å². The Balaban J connectivity index is 1.86. The first kappa shape index (κ1) is 16.1. The Morgan fingerprint density at radius 2 is 2.13 bits per heavy atom. The third-order valence-electron chi connectivity index (χ3n) is 5.44. The van der Waals surface area contributed by atoms with Crippen LogP contribution in [0.1, 0.15) is 37.6 Å². The second-order valence-electron chi connectivity index (χ2n) is 7.10. The quantitative estimate of drug-likeness (QED) is 0.866. The molecule has 4 nitrogen and oxygen atoms in total. The van der Waals surface area contributed by atoms with E-state index in [1.54, 1.807) is 0 Å². The van der Waals surface area contributed by atoms with Crippen LogP contribution in [0.15, 0.2) is 30.5 Å². The van der Waals surface area contributed by atoms with Crippen molar-refractivity contribution in [2.45, 2.75) is 39.3 Å². The molecule has 1 saturated carbocycles. The number of nitrogens with zero attached hydrogens (tertiary/aromatic N) is 2. The number of carbonyl (C=O) groups is 1. The Morgan fingerprint density at radius 1 is 1.39 bits per heavy atom. The van der Waals surface area contributed by atoms with Gasteiger partial charge in [-0.05, 0) is 31.5 Å². The SMILES string of the molecule is CCO[C@H]1C[C@@H](N(C)C(=O)c2cccc3c2ccn3C)C1(C)C. The van der Waals surface area contributed by atoms with Crippen LogP contribution in [0.5, 0.6) is 0 Å². The monoisotopic (exact) mass is 314 g/mol. The van der Waals surface area contributed by atoms with Crippen LogP contribution in [0.2, 0.25) is 0 Å². The molecule has 0 radical (unpaired) electrons. The molecule has 1 aromatic carbocycles. The molecule has 23 heavy (non-hydrogen) atoms. The van der Waals surface area contributed by atoms with Crippen LogP contribution in [-0.4, -0.2) is 41.2 Å². The molecule has 4 heteroatoms. The third-order valence-corrected chi connectivity index (χ3v) is 5.44. The van der Waals surface area contributed by atoms with E-state index in [4.69, 9.17) is 4.74 Å². The minimum absolute atomic E-state index is 0.00892. The Kier molecular flexibility index (Phi) is 3.96. The van der Waals surface area contributed by atoms with Crippen molar-refractivity contribution >= 4 is 16.8 Å². The van der Waals surface area contributed by atoms with E-state index in [-0.39, 0.29) is 23.5 Å². The highest BCUT2D eigenvalue weighted by Gasteiger charge is 2.51. The topological polar surface area (TPSA) is 34.5 Å². The van der Waals surface area contributed by atoms with Gasteiger partial charge in [0.15, 0.2) is 0 Å². The molecular weight excluding hydrogens is 288 g/mol. The Labute approximate surface area is 138 Å². The summed E-state index contributed by atoms with van der Waals surface area (Å²) < 4.78 is 7.84. The maximum atomic E-state index is 13.0. The maximum Gasteiger partial charge on any atom is 0.254 e. The smallest absolute Gasteiger partial charge is 0.254 e. The Morgan fingerprint density at radius 3 is 2.78 bits per heavy atom. The van der Waals surface area contributed by atoms with Crippen molar-refractivity contribution in [1.82, 2.24) is 9.47 Å². The van der Waals surface area contributed by atoms with Crippen LogP contribution >= 0.6 is 0 Å². The first-order valence-corrected chi connectivity index (χ1v) is 8.30. The highest BCUT2D eigenvalue weighted by molar-refractivity contribution is 6.06. The van der Waals surface area contributed by atoms with E-state index >= 15 is 0 Å². The molecule has 2 atom stereocenters. The number of carbonyl (C=O) groups excluding carboxylic acids is 1. The molecular formula is C19H26N2O2. The first-order chi connectivity index (χ1) is 10.9. The van der Waals surface area contributed by atoms with E-state index in [0.717, 1.165) is 29.5 Å². The average molecular weight is 314 g/mol. The van der Waals surface area contributed by atoms with Crippen molar-refractivity contribution in [3.05, 3.63) is 36.0 Å². The number of ether oxygens (including phenoxy) is 1. The highest BCUT2D eigenvalue weighted by Crippen LogP contribution is 2.45. The van der Waals surface area contributed by atoms with Gasteiger partial charge in [0, 0.05) is 54.8 Å². The summed E-state index contributed by atoms with van der Waals surface area (Å²) in [5.74, 6) is 0.0924. The van der Waals surface area contributed by atoms with Crippen molar-refractivity contribution in [3.63, 3.8) is 0 Å². The van der Waals surface area contributed by atoms with Crippen molar-refractivity contribution in [1.29, 1.82) is 0 Å². The number of hydrogen-bond acceptors (Lipinski definition) is 2. The maximum absolute atomic E-state index is 13.0. The fourth-order valence-electron chi connectivity index (χ4n) is 3.83. The number of rotatable bonds is 4. The Hall–Kier alpha value is -1.81. The summed E-state index contributed by atoms with van der Waals surface area (Å²) in [6.07, 6.45) is 3.15. The molecule has 0 saturated heterocycles. The van der Waals surface area contributed by atoms with Gasteiger partial charge in [0.2, 0.25) is 0 Å². The zero-order valence-corrected chi connectivity index (χ0v) is 14.7. The number of benzene rings is 1. The van der Waals surface area contributed by atoms with Crippen LogP contribution in [-0.2, 0) is 11.8 Å². The van der Waals surface area contributed by atoms with Gasteiger partial charge in [0.1, 0.15) is 0 Å². The number of fused-ring (bicyclic) bond motifs is 1. The van der Waals surface area contributed by atoms with E-state index in [1.165, 1.54) is 0 Å². The third kappa shape index (κ3) is 2.45. The largest absolute Gasteiger partial charge is 0.378 e. The molecule has 0 N–H and O–H groups in total. The predicted octanol–water partition coefficient (Wildman–Crippen LogP) is 3.45. The number of amides is 1. The molecule has 1 fully saturated rings. The normalized spacial score (nSPS) is 22.8. The molecule has 3 rings (SSSR count). The fraction of sp³-hybridized carbons (Fsp3) is 0.526. The molecule has 0 bridgehead atoms. The van der Waals surface area contributed by atoms with Crippen LogP contribution in [0.25, 0.3) is 10.9 Å². The lowest BCUT2D eigenvalue weighted by atomic mass is 9.63. The molecule has 1 amide bonds. The zero-order chi connectivity index (χ0) is 16.8. The van der Waals surface area contributed by atoms with Gasteiger partial charge >= 0.3 is 0 Å². The molecule has 1 aromatic heterocycles. The zero-order valence-electron chi connectivity index (χ0n) is 14.7. The van der Waals surface area contributed by atoms with Gasteiger partial charge < -0.3 is 14.2 Å². The van der Waals surface area contributed by atoms with Gasteiger partial charge in [0.25, 0.3) is 5.91 Å². The van der Waals surface area contributed by atoms with Gasteiger partial charge in [0.05, 0.1) is 6.10 Å². The van der Waals surface area contributed by atoms with Crippen molar-refractivity contribution in [2.24, 2.45) is 12.5 Å². The van der Waals surface area contributed by atoms with E-state index in [2.05, 4.69) is 13.8 Å². The van der Waals surface area contributed by atoms with Gasteiger partial charge in [-0.1, -0.05) is 19.9 Å². The van der Waals surface area contributed by atoms with Gasteiger partial charge in [-0.15, -0.1) is 0 Å². The standard InChI is InChI=1S/C19H26N2O2/c1-6-23-17-12-16(19(17,2)3)21(5)18(22)14-8-7-9-15-13(14)10-11-20(15)4/h7-11,16-17H,6,12H2,1-5H3/t16-,17+/m1/s1. The molecule has 0 aliphatic heterocycles. The molecule has 2 aromatic rings. The molecule has 124 valence electrons. The molecule has 1 heterocycles. The summed E-state index contributed by atoms with van der Waals surface area (Å²) in [5, 5.41) is 1.02. The van der Waals surface area contributed by atoms with Crippen LogP contribution < -0.4 is 0 Å². The molecule has 1 aliphatic rings.